The van der Waals surface area contributed by atoms with Crippen LogP contribution in [-0.4, -0.2) is 15.6 Å². The first-order chi connectivity index (χ1) is 14.3. The Balaban J connectivity index is 1.76. The highest BCUT2D eigenvalue weighted by molar-refractivity contribution is 6.30. The maximum absolute atomic E-state index is 13.5. The summed E-state index contributed by atoms with van der Waals surface area (Å²) >= 11 is 6.28. The standard InChI is InChI=1S/C24H22ClN3O2/c1-24(2)12-17-20(18(29)13-24)19(14-7-6-8-15(25)11-14)21-22(26-17)27-28(23(21)30)16-9-4-3-5-10-16/h3-11,19,26-27H,12-13H2,1-2H3. The molecule has 5 nitrogen and oxygen atoms in total. The Bertz CT molecular complexity index is 1250. The predicted octanol–water partition coefficient (Wildman–Crippen LogP) is 5.02. The number of allylic oxidation sites excluding steroid dienone is 2. The summed E-state index contributed by atoms with van der Waals surface area (Å²) in [7, 11) is 0. The average Bonchev–Trinajstić information content (AvgIpc) is 3.02. The maximum Gasteiger partial charge on any atom is 0.277 e. The van der Waals surface area contributed by atoms with Crippen molar-refractivity contribution in [3.05, 3.63) is 92.4 Å². The Morgan fingerprint density at radius 2 is 1.80 bits per heavy atom. The fraction of sp³-hybridized carbons (Fsp3) is 0.250. The first kappa shape index (κ1) is 18.9. The van der Waals surface area contributed by atoms with Crippen LogP contribution in [0.25, 0.3) is 5.69 Å². The van der Waals surface area contributed by atoms with E-state index < -0.39 is 5.92 Å². The molecule has 0 bridgehead atoms. The molecule has 0 amide bonds. The van der Waals surface area contributed by atoms with Crippen LogP contribution in [0.3, 0.4) is 0 Å². The molecule has 6 heteroatoms. The van der Waals surface area contributed by atoms with Crippen molar-refractivity contribution in [2.75, 3.05) is 5.32 Å². The molecule has 152 valence electrons. The number of carbonyl (C=O) groups is 1. The van der Waals surface area contributed by atoms with Crippen LogP contribution in [0.15, 0.2) is 70.7 Å². The van der Waals surface area contributed by atoms with Gasteiger partial charge in [-0.25, -0.2) is 4.68 Å². The van der Waals surface area contributed by atoms with Gasteiger partial charge in [0.1, 0.15) is 5.82 Å². The average molecular weight is 420 g/mol. The highest BCUT2D eigenvalue weighted by atomic mass is 35.5. The lowest BCUT2D eigenvalue weighted by Crippen LogP contribution is -2.35. The van der Waals surface area contributed by atoms with Crippen molar-refractivity contribution >= 4 is 23.2 Å². The molecule has 2 aromatic carbocycles. The van der Waals surface area contributed by atoms with E-state index in [0.717, 1.165) is 23.4 Å². The molecule has 2 aliphatic rings. The summed E-state index contributed by atoms with van der Waals surface area (Å²) < 4.78 is 1.53. The minimum absolute atomic E-state index is 0.0798. The lowest BCUT2D eigenvalue weighted by atomic mass is 9.69. The van der Waals surface area contributed by atoms with Gasteiger partial charge in [0.05, 0.1) is 11.3 Å². The van der Waals surface area contributed by atoms with Gasteiger partial charge in [-0.1, -0.05) is 55.8 Å². The topological polar surface area (TPSA) is 66.9 Å². The summed E-state index contributed by atoms with van der Waals surface area (Å²) in [4.78, 5) is 26.8. The number of aromatic nitrogens is 2. The number of anilines is 1. The Morgan fingerprint density at radius 3 is 2.53 bits per heavy atom. The van der Waals surface area contributed by atoms with E-state index in [-0.39, 0.29) is 16.8 Å². The quantitative estimate of drug-likeness (QED) is 0.612. The van der Waals surface area contributed by atoms with Gasteiger partial charge in [0, 0.05) is 28.6 Å². The van der Waals surface area contributed by atoms with Crippen LogP contribution < -0.4 is 10.9 Å². The van der Waals surface area contributed by atoms with Gasteiger partial charge < -0.3 is 5.32 Å². The number of benzene rings is 2. The zero-order chi connectivity index (χ0) is 21.0. The minimum Gasteiger partial charge on any atom is -0.343 e. The number of carbonyl (C=O) groups excluding carboxylic acids is 1. The van der Waals surface area contributed by atoms with E-state index in [1.165, 1.54) is 4.68 Å². The number of ketones is 1. The second kappa shape index (κ2) is 6.74. The number of para-hydroxylation sites is 1. The van der Waals surface area contributed by atoms with E-state index in [0.29, 0.717) is 28.4 Å². The Hall–Kier alpha value is -3.05. The second-order valence-corrected chi connectivity index (χ2v) is 9.26. The summed E-state index contributed by atoms with van der Waals surface area (Å²) in [6.07, 6.45) is 1.19. The third-order valence-corrected chi connectivity index (χ3v) is 6.13. The number of halogens is 1. The van der Waals surface area contributed by atoms with Crippen LogP contribution in [-0.2, 0) is 4.79 Å². The largest absolute Gasteiger partial charge is 0.343 e. The smallest absolute Gasteiger partial charge is 0.277 e. The molecule has 0 radical (unpaired) electrons. The molecule has 1 unspecified atom stereocenters. The van der Waals surface area contributed by atoms with Crippen molar-refractivity contribution in [1.29, 1.82) is 0 Å². The summed E-state index contributed by atoms with van der Waals surface area (Å²) in [5.74, 6) is 0.265. The minimum atomic E-state index is -0.452. The lowest BCUT2D eigenvalue weighted by molar-refractivity contribution is -0.118. The molecular weight excluding hydrogens is 398 g/mol. The van der Waals surface area contributed by atoms with E-state index in [2.05, 4.69) is 24.3 Å². The van der Waals surface area contributed by atoms with Crippen LogP contribution in [0.1, 0.15) is 43.7 Å². The fourth-order valence-electron chi connectivity index (χ4n) is 4.67. The second-order valence-electron chi connectivity index (χ2n) is 8.82. The van der Waals surface area contributed by atoms with Gasteiger partial charge in [-0.15, -0.1) is 0 Å². The normalized spacial score (nSPS) is 19.8. The Morgan fingerprint density at radius 1 is 1.03 bits per heavy atom. The lowest BCUT2D eigenvalue weighted by Gasteiger charge is -2.37. The fourth-order valence-corrected chi connectivity index (χ4v) is 4.87. The summed E-state index contributed by atoms with van der Waals surface area (Å²) in [5.41, 5.74) is 3.40. The Kier molecular flexibility index (Phi) is 4.26. The van der Waals surface area contributed by atoms with E-state index in [9.17, 15) is 9.59 Å². The molecule has 2 heterocycles. The molecule has 1 aliphatic carbocycles. The third-order valence-electron chi connectivity index (χ3n) is 5.90. The van der Waals surface area contributed by atoms with E-state index in [1.54, 1.807) is 6.07 Å². The summed E-state index contributed by atoms with van der Waals surface area (Å²) in [6, 6.07) is 16.9. The number of hydrogen-bond acceptors (Lipinski definition) is 3. The zero-order valence-corrected chi connectivity index (χ0v) is 17.6. The molecule has 1 atom stereocenters. The number of H-pyrrole nitrogens is 1. The number of nitrogens with one attached hydrogen (secondary N) is 2. The monoisotopic (exact) mass is 419 g/mol. The van der Waals surface area contributed by atoms with Gasteiger partial charge >= 0.3 is 0 Å². The number of rotatable bonds is 2. The Labute approximate surface area is 179 Å². The predicted molar refractivity (Wildman–Crippen MR) is 118 cm³/mol. The van der Waals surface area contributed by atoms with Gasteiger partial charge in [-0.3, -0.25) is 14.7 Å². The van der Waals surface area contributed by atoms with E-state index in [1.807, 2.05) is 48.5 Å². The van der Waals surface area contributed by atoms with E-state index >= 15 is 0 Å². The van der Waals surface area contributed by atoms with Crippen molar-refractivity contribution < 1.29 is 4.79 Å². The van der Waals surface area contributed by atoms with Crippen molar-refractivity contribution in [3.63, 3.8) is 0 Å². The first-order valence-corrected chi connectivity index (χ1v) is 10.4. The number of aromatic amines is 1. The highest BCUT2D eigenvalue weighted by Crippen LogP contribution is 2.48. The van der Waals surface area contributed by atoms with Crippen LogP contribution in [0, 0.1) is 5.41 Å². The van der Waals surface area contributed by atoms with Crippen molar-refractivity contribution in [1.82, 2.24) is 9.78 Å². The zero-order valence-electron chi connectivity index (χ0n) is 16.8. The molecule has 1 aliphatic heterocycles. The SMILES string of the molecule is CC1(C)CC(=O)C2=C(C1)Nc1[nH]n(-c3ccccc3)c(=O)c1C2c1cccc(Cl)c1. The number of fused-ring (bicyclic) bond motifs is 1. The third kappa shape index (κ3) is 3.01. The van der Waals surface area contributed by atoms with Crippen LogP contribution >= 0.6 is 11.6 Å². The van der Waals surface area contributed by atoms with Crippen LogP contribution in [0.4, 0.5) is 5.82 Å². The number of nitrogens with zero attached hydrogens (tertiary/aromatic N) is 1. The maximum atomic E-state index is 13.5. The molecule has 1 aromatic heterocycles. The molecule has 2 N–H and O–H groups in total. The van der Waals surface area contributed by atoms with Crippen LogP contribution in [0.5, 0.6) is 0 Å². The number of hydrogen-bond donors (Lipinski definition) is 2. The van der Waals surface area contributed by atoms with Crippen LogP contribution in [0.2, 0.25) is 5.02 Å². The van der Waals surface area contributed by atoms with Gasteiger partial charge in [0.2, 0.25) is 0 Å². The summed E-state index contributed by atoms with van der Waals surface area (Å²) in [5, 5.41) is 7.18. The van der Waals surface area contributed by atoms with Crippen molar-refractivity contribution in [2.45, 2.75) is 32.6 Å². The van der Waals surface area contributed by atoms with Gasteiger partial charge in [-0.05, 0) is 41.7 Å². The van der Waals surface area contributed by atoms with Crippen molar-refractivity contribution in [2.24, 2.45) is 5.41 Å². The van der Waals surface area contributed by atoms with Gasteiger partial charge in [-0.2, -0.15) is 0 Å². The molecule has 3 aromatic rings. The van der Waals surface area contributed by atoms with Crippen molar-refractivity contribution in [3.8, 4) is 5.69 Å². The van der Waals surface area contributed by atoms with E-state index in [4.69, 9.17) is 11.6 Å². The first-order valence-electron chi connectivity index (χ1n) is 10.0. The van der Waals surface area contributed by atoms with Gasteiger partial charge in [0.25, 0.3) is 5.56 Å². The number of Topliss-reactive ketones (excluding diaryl/α,β-unsaturated/α-hetero) is 1. The molecule has 5 rings (SSSR count). The highest BCUT2D eigenvalue weighted by Gasteiger charge is 2.42. The molecule has 0 saturated heterocycles. The van der Waals surface area contributed by atoms with Gasteiger partial charge in [0.15, 0.2) is 5.78 Å². The molecule has 0 fully saturated rings. The molecule has 30 heavy (non-hydrogen) atoms. The molecule has 0 spiro atoms. The molecular formula is C24H22ClN3O2. The molecule has 0 saturated carbocycles. The summed E-state index contributed by atoms with van der Waals surface area (Å²) in [6.45, 7) is 4.19.